The highest BCUT2D eigenvalue weighted by Crippen LogP contribution is 2.47. The van der Waals surface area contributed by atoms with Crippen molar-refractivity contribution in [2.24, 2.45) is 0 Å². The first-order valence-electron chi connectivity index (χ1n) is 5.54. The Labute approximate surface area is 84.1 Å². The minimum absolute atomic E-state index is 0.131. The fourth-order valence-corrected chi connectivity index (χ4v) is 3.04. The predicted octanol–water partition coefficient (Wildman–Crippen LogP) is 2.16. The zero-order valence-corrected chi connectivity index (χ0v) is 8.35. The lowest BCUT2D eigenvalue weighted by Gasteiger charge is -2.30. The van der Waals surface area contributed by atoms with E-state index in [1.54, 1.807) is 0 Å². The van der Waals surface area contributed by atoms with Gasteiger partial charge >= 0.3 is 0 Å². The summed E-state index contributed by atoms with van der Waals surface area (Å²) in [6.07, 6.45) is 10.1. The van der Waals surface area contributed by atoms with Gasteiger partial charge in [0.05, 0.1) is 11.6 Å². The van der Waals surface area contributed by atoms with Crippen LogP contribution in [0.25, 0.3) is 0 Å². The topological polar surface area (TPSA) is 27.1 Å². The molecule has 2 heterocycles. The summed E-state index contributed by atoms with van der Waals surface area (Å²) in [6.45, 7) is 0.942. The molecule has 1 saturated carbocycles. The van der Waals surface area contributed by atoms with Gasteiger partial charge in [-0.05, 0) is 38.2 Å². The van der Waals surface area contributed by atoms with E-state index in [0.717, 1.165) is 6.61 Å². The molecule has 2 fully saturated rings. The van der Waals surface area contributed by atoms with E-state index in [9.17, 15) is 0 Å². The maximum atomic E-state index is 5.98. The fourth-order valence-electron chi connectivity index (χ4n) is 3.04. The molecule has 0 unspecified atom stereocenters. The minimum atomic E-state index is 0.131. The molecule has 3 rings (SSSR count). The van der Waals surface area contributed by atoms with Crippen molar-refractivity contribution in [3.8, 4) is 0 Å². The van der Waals surface area contributed by atoms with Crippen molar-refractivity contribution in [2.45, 2.75) is 43.7 Å². The number of nitrogens with zero attached hydrogens (tertiary/aromatic N) is 2. The molecule has 3 nitrogen and oxygen atoms in total. The van der Waals surface area contributed by atoms with Crippen molar-refractivity contribution in [3.05, 3.63) is 18.5 Å². The van der Waals surface area contributed by atoms with Crippen LogP contribution in [0.15, 0.2) is 18.5 Å². The summed E-state index contributed by atoms with van der Waals surface area (Å²) < 4.78 is 8.07. The summed E-state index contributed by atoms with van der Waals surface area (Å²) in [4.78, 5) is 0. The van der Waals surface area contributed by atoms with Crippen LogP contribution >= 0.6 is 0 Å². The predicted molar refractivity (Wildman–Crippen MR) is 53.0 cm³/mol. The lowest BCUT2D eigenvalue weighted by molar-refractivity contribution is -0.0247. The molecule has 76 valence electrons. The van der Waals surface area contributed by atoms with Gasteiger partial charge in [0, 0.05) is 19.0 Å². The monoisotopic (exact) mass is 192 g/mol. The first kappa shape index (κ1) is 8.48. The highest BCUT2D eigenvalue weighted by Gasteiger charge is 2.47. The molecule has 14 heavy (non-hydrogen) atoms. The van der Waals surface area contributed by atoms with Crippen LogP contribution in [0.2, 0.25) is 0 Å². The van der Waals surface area contributed by atoms with E-state index in [2.05, 4.69) is 16.0 Å². The van der Waals surface area contributed by atoms with Gasteiger partial charge in [-0.3, -0.25) is 4.68 Å². The molecule has 1 aromatic heterocycles. The minimum Gasteiger partial charge on any atom is -0.373 e. The van der Waals surface area contributed by atoms with Gasteiger partial charge in [-0.25, -0.2) is 0 Å². The number of ether oxygens (including phenoxy) is 1. The Morgan fingerprint density at radius 2 is 2.29 bits per heavy atom. The van der Waals surface area contributed by atoms with Crippen molar-refractivity contribution in [3.63, 3.8) is 0 Å². The first-order valence-corrected chi connectivity index (χ1v) is 5.54. The van der Waals surface area contributed by atoms with Crippen molar-refractivity contribution in [1.82, 2.24) is 9.78 Å². The molecular weight excluding hydrogens is 176 g/mol. The van der Waals surface area contributed by atoms with Crippen LogP contribution in [0, 0.1) is 0 Å². The van der Waals surface area contributed by atoms with Crippen LogP contribution in [0.3, 0.4) is 0 Å². The Morgan fingerprint density at radius 1 is 1.36 bits per heavy atom. The quantitative estimate of drug-likeness (QED) is 0.681. The average Bonchev–Trinajstić information content (AvgIpc) is 2.91. The van der Waals surface area contributed by atoms with Gasteiger partial charge in [0.2, 0.25) is 0 Å². The molecule has 3 heteroatoms. The first-order chi connectivity index (χ1) is 6.91. The number of aromatic nitrogens is 2. The van der Waals surface area contributed by atoms with Crippen LogP contribution < -0.4 is 0 Å². The Kier molecular flexibility index (Phi) is 1.87. The summed E-state index contributed by atoms with van der Waals surface area (Å²) >= 11 is 0. The van der Waals surface area contributed by atoms with E-state index in [1.807, 2.05) is 12.3 Å². The second-order valence-corrected chi connectivity index (χ2v) is 4.41. The molecule has 0 aromatic carbocycles. The van der Waals surface area contributed by atoms with Crippen molar-refractivity contribution >= 4 is 0 Å². The van der Waals surface area contributed by atoms with Crippen LogP contribution in [0.4, 0.5) is 0 Å². The average molecular weight is 192 g/mol. The lowest BCUT2D eigenvalue weighted by atomic mass is 9.94. The SMILES string of the molecule is c1cnn([C@@H]2CCC[C@]23CCCO3)c1. The van der Waals surface area contributed by atoms with Crippen molar-refractivity contribution in [1.29, 1.82) is 0 Å². The maximum absolute atomic E-state index is 5.98. The Bertz CT molecular complexity index is 296. The second kappa shape index (κ2) is 3.09. The largest absolute Gasteiger partial charge is 0.373 e. The second-order valence-electron chi connectivity index (χ2n) is 4.41. The van der Waals surface area contributed by atoms with Gasteiger partial charge in [0.25, 0.3) is 0 Å². The van der Waals surface area contributed by atoms with Gasteiger partial charge in [-0.2, -0.15) is 5.10 Å². The van der Waals surface area contributed by atoms with Gasteiger partial charge in [-0.1, -0.05) is 0 Å². The molecule has 0 bridgehead atoms. The van der Waals surface area contributed by atoms with E-state index in [-0.39, 0.29) is 5.60 Å². The molecule has 1 aliphatic heterocycles. The van der Waals surface area contributed by atoms with Crippen molar-refractivity contribution in [2.75, 3.05) is 6.61 Å². The van der Waals surface area contributed by atoms with Gasteiger partial charge in [0.1, 0.15) is 0 Å². The molecule has 1 aliphatic carbocycles. The summed E-state index contributed by atoms with van der Waals surface area (Å²) in [5.41, 5.74) is 0.131. The van der Waals surface area contributed by atoms with E-state index in [4.69, 9.17) is 4.74 Å². The standard InChI is InChI=1S/C11H16N2O/c1-4-10(13-8-3-7-12-13)11(5-1)6-2-9-14-11/h3,7-8,10H,1-2,4-6,9H2/t10-,11+/m1/s1. The Hall–Kier alpha value is -0.830. The highest BCUT2D eigenvalue weighted by molar-refractivity contribution is 5.00. The molecule has 0 N–H and O–H groups in total. The summed E-state index contributed by atoms with van der Waals surface area (Å²) in [5.74, 6) is 0. The van der Waals surface area contributed by atoms with E-state index in [1.165, 1.54) is 32.1 Å². The molecule has 1 aromatic rings. The zero-order valence-electron chi connectivity index (χ0n) is 8.35. The van der Waals surface area contributed by atoms with Crippen LogP contribution in [-0.2, 0) is 4.74 Å². The van der Waals surface area contributed by atoms with E-state index in [0.29, 0.717) is 6.04 Å². The third kappa shape index (κ3) is 1.12. The molecule has 2 aliphatic rings. The maximum Gasteiger partial charge on any atom is 0.0906 e. The Morgan fingerprint density at radius 3 is 3.00 bits per heavy atom. The summed E-state index contributed by atoms with van der Waals surface area (Å²) in [7, 11) is 0. The zero-order chi connectivity index (χ0) is 9.43. The van der Waals surface area contributed by atoms with Gasteiger partial charge in [-0.15, -0.1) is 0 Å². The third-order valence-corrected chi connectivity index (χ3v) is 3.66. The molecular formula is C11H16N2O. The van der Waals surface area contributed by atoms with Crippen molar-refractivity contribution < 1.29 is 4.74 Å². The van der Waals surface area contributed by atoms with Gasteiger partial charge in [0.15, 0.2) is 0 Å². The number of rotatable bonds is 1. The van der Waals surface area contributed by atoms with E-state index >= 15 is 0 Å². The van der Waals surface area contributed by atoms with Crippen LogP contribution in [0.5, 0.6) is 0 Å². The fraction of sp³-hybridized carbons (Fsp3) is 0.727. The van der Waals surface area contributed by atoms with Crippen LogP contribution in [-0.4, -0.2) is 22.0 Å². The molecule has 0 amide bonds. The van der Waals surface area contributed by atoms with Gasteiger partial charge < -0.3 is 4.74 Å². The lowest BCUT2D eigenvalue weighted by Crippen LogP contribution is -2.34. The smallest absolute Gasteiger partial charge is 0.0906 e. The number of hydrogen-bond acceptors (Lipinski definition) is 2. The highest BCUT2D eigenvalue weighted by atomic mass is 16.5. The summed E-state index contributed by atoms with van der Waals surface area (Å²) in [6, 6.07) is 2.49. The Balaban J connectivity index is 1.91. The normalized spacial score (nSPS) is 37.0. The molecule has 1 saturated heterocycles. The third-order valence-electron chi connectivity index (χ3n) is 3.66. The molecule has 1 spiro atoms. The molecule has 2 atom stereocenters. The number of hydrogen-bond donors (Lipinski definition) is 0. The van der Waals surface area contributed by atoms with E-state index < -0.39 is 0 Å². The summed E-state index contributed by atoms with van der Waals surface area (Å²) in [5, 5.41) is 4.35. The van der Waals surface area contributed by atoms with Crippen LogP contribution in [0.1, 0.15) is 38.1 Å². The molecule has 0 radical (unpaired) electrons.